The van der Waals surface area contributed by atoms with Gasteiger partial charge in [0.05, 0.1) is 11.3 Å². The van der Waals surface area contributed by atoms with E-state index >= 15 is 0 Å². The van der Waals surface area contributed by atoms with E-state index in [-0.39, 0.29) is 23.3 Å². The van der Waals surface area contributed by atoms with Gasteiger partial charge in [0.25, 0.3) is 0 Å². The van der Waals surface area contributed by atoms with E-state index in [0.717, 1.165) is 6.42 Å². The maximum absolute atomic E-state index is 12.2. The van der Waals surface area contributed by atoms with Gasteiger partial charge in [-0.2, -0.15) is 0 Å². The first-order valence-corrected chi connectivity index (χ1v) is 6.86. The Morgan fingerprint density at radius 2 is 2.10 bits per heavy atom. The molecule has 2 unspecified atom stereocenters. The molecule has 1 fully saturated rings. The number of carbonyl (C=O) groups is 2. The molecule has 2 rings (SSSR count). The van der Waals surface area contributed by atoms with Crippen molar-refractivity contribution in [1.29, 1.82) is 0 Å². The predicted octanol–water partition coefficient (Wildman–Crippen LogP) is 3.30. The smallest absolute Gasteiger partial charge is 0.337 e. The maximum Gasteiger partial charge on any atom is 0.337 e. The molecular formula is C14H17ClN2O3. The highest BCUT2D eigenvalue weighted by Gasteiger charge is 2.30. The molecule has 0 aromatic heterocycles. The lowest BCUT2D eigenvalue weighted by molar-refractivity contribution is 0.0698. The average molecular weight is 297 g/mol. The molecule has 0 aliphatic carbocycles. The Balaban J connectivity index is 2.19. The van der Waals surface area contributed by atoms with E-state index in [2.05, 4.69) is 12.2 Å². The zero-order chi connectivity index (χ0) is 14.9. The third-order valence-corrected chi connectivity index (χ3v) is 3.73. The highest BCUT2D eigenvalue weighted by Crippen LogP contribution is 2.25. The molecule has 0 saturated carbocycles. The fourth-order valence-corrected chi connectivity index (χ4v) is 2.75. The molecule has 2 N–H and O–H groups in total. The van der Waals surface area contributed by atoms with Crippen molar-refractivity contribution >= 4 is 29.3 Å². The number of anilines is 1. The maximum atomic E-state index is 12.2. The number of carboxylic acids is 1. The largest absolute Gasteiger partial charge is 0.478 e. The third kappa shape index (κ3) is 3.04. The van der Waals surface area contributed by atoms with Crippen molar-refractivity contribution in [3.8, 4) is 0 Å². The molecule has 0 bridgehead atoms. The van der Waals surface area contributed by atoms with E-state index in [1.165, 1.54) is 18.2 Å². The highest BCUT2D eigenvalue weighted by molar-refractivity contribution is 6.31. The highest BCUT2D eigenvalue weighted by atomic mass is 35.5. The normalized spacial score (nSPS) is 21.9. The molecule has 2 atom stereocenters. The minimum Gasteiger partial charge on any atom is -0.478 e. The van der Waals surface area contributed by atoms with Crippen LogP contribution in [-0.2, 0) is 0 Å². The molecule has 20 heavy (non-hydrogen) atoms. The zero-order valence-electron chi connectivity index (χ0n) is 11.4. The van der Waals surface area contributed by atoms with Crippen molar-refractivity contribution in [2.45, 2.75) is 26.3 Å². The first kappa shape index (κ1) is 14.7. The number of rotatable bonds is 2. The van der Waals surface area contributed by atoms with Crippen LogP contribution in [-0.4, -0.2) is 34.6 Å². The molecule has 108 valence electrons. The van der Waals surface area contributed by atoms with Crippen molar-refractivity contribution in [1.82, 2.24) is 4.90 Å². The number of halogens is 1. The minimum atomic E-state index is -1.10. The van der Waals surface area contributed by atoms with Crippen LogP contribution < -0.4 is 5.32 Å². The Hall–Kier alpha value is -1.75. The van der Waals surface area contributed by atoms with Crippen molar-refractivity contribution in [3.05, 3.63) is 28.8 Å². The summed E-state index contributed by atoms with van der Waals surface area (Å²) in [6, 6.07) is 4.19. The summed E-state index contributed by atoms with van der Waals surface area (Å²) >= 11 is 5.86. The van der Waals surface area contributed by atoms with E-state index in [4.69, 9.17) is 16.7 Å². The van der Waals surface area contributed by atoms with E-state index in [1.807, 2.05) is 6.92 Å². The Kier molecular flexibility index (Phi) is 4.18. The number of hydrogen-bond acceptors (Lipinski definition) is 2. The number of likely N-dealkylation sites (tertiary alicyclic amines) is 1. The Bertz CT molecular complexity index is 547. The lowest BCUT2D eigenvalue weighted by Gasteiger charge is -2.22. The number of nitrogens with one attached hydrogen (secondary N) is 1. The van der Waals surface area contributed by atoms with Crippen LogP contribution in [0.1, 0.15) is 30.6 Å². The van der Waals surface area contributed by atoms with Gasteiger partial charge in [-0.15, -0.1) is 0 Å². The van der Waals surface area contributed by atoms with Gasteiger partial charge >= 0.3 is 12.0 Å². The topological polar surface area (TPSA) is 69.6 Å². The van der Waals surface area contributed by atoms with Crippen molar-refractivity contribution in [2.75, 3.05) is 11.9 Å². The monoisotopic (exact) mass is 296 g/mol. The molecule has 0 radical (unpaired) electrons. The molecule has 1 saturated heterocycles. The van der Waals surface area contributed by atoms with Crippen LogP contribution in [0.25, 0.3) is 0 Å². The fourth-order valence-electron chi connectivity index (χ4n) is 2.58. The number of urea groups is 1. The fraction of sp³-hybridized carbons (Fsp3) is 0.429. The number of amides is 2. The quantitative estimate of drug-likeness (QED) is 0.879. The van der Waals surface area contributed by atoms with E-state index in [9.17, 15) is 9.59 Å². The molecule has 1 aliphatic rings. The van der Waals surface area contributed by atoms with Gasteiger partial charge in [0.1, 0.15) is 0 Å². The van der Waals surface area contributed by atoms with Gasteiger partial charge in [-0.05, 0) is 37.5 Å². The second-order valence-corrected chi connectivity index (χ2v) is 5.70. The summed E-state index contributed by atoms with van der Waals surface area (Å²) in [4.78, 5) is 25.1. The molecule has 0 spiro atoms. The van der Waals surface area contributed by atoms with E-state index in [0.29, 0.717) is 17.5 Å². The minimum absolute atomic E-state index is 0.0302. The zero-order valence-corrected chi connectivity index (χ0v) is 12.1. The van der Waals surface area contributed by atoms with Crippen molar-refractivity contribution < 1.29 is 14.7 Å². The van der Waals surface area contributed by atoms with Gasteiger partial charge in [0.15, 0.2) is 0 Å². The molecule has 2 amide bonds. The van der Waals surface area contributed by atoms with Gasteiger partial charge in [-0.25, -0.2) is 9.59 Å². The molecule has 6 heteroatoms. The van der Waals surface area contributed by atoms with Crippen LogP contribution >= 0.6 is 11.6 Å². The van der Waals surface area contributed by atoms with Crippen LogP contribution in [0.4, 0.5) is 10.5 Å². The Morgan fingerprint density at radius 1 is 1.40 bits per heavy atom. The Labute approximate surface area is 122 Å². The molecule has 1 aliphatic heterocycles. The van der Waals surface area contributed by atoms with Crippen LogP contribution in [0.3, 0.4) is 0 Å². The van der Waals surface area contributed by atoms with Crippen LogP contribution in [0.5, 0.6) is 0 Å². The third-order valence-electron chi connectivity index (χ3n) is 3.50. The van der Waals surface area contributed by atoms with Gasteiger partial charge < -0.3 is 15.3 Å². The number of carboxylic acid groups (broad SMARTS) is 1. The van der Waals surface area contributed by atoms with Crippen molar-refractivity contribution in [3.63, 3.8) is 0 Å². The second kappa shape index (κ2) is 5.71. The van der Waals surface area contributed by atoms with E-state index < -0.39 is 5.97 Å². The van der Waals surface area contributed by atoms with Crippen LogP contribution in [0.15, 0.2) is 18.2 Å². The molecule has 1 aromatic rings. The number of hydrogen-bond donors (Lipinski definition) is 2. The molecular weight excluding hydrogens is 280 g/mol. The molecule has 1 heterocycles. The molecule has 5 nitrogen and oxygen atoms in total. The lowest BCUT2D eigenvalue weighted by Crippen LogP contribution is -2.37. The summed E-state index contributed by atoms with van der Waals surface area (Å²) < 4.78 is 0. The number of aromatic carboxylic acids is 1. The molecule has 1 aromatic carbocycles. The second-order valence-electron chi connectivity index (χ2n) is 5.27. The number of nitrogens with zero attached hydrogens (tertiary/aromatic N) is 1. The van der Waals surface area contributed by atoms with Crippen LogP contribution in [0, 0.1) is 5.92 Å². The predicted molar refractivity (Wildman–Crippen MR) is 77.4 cm³/mol. The van der Waals surface area contributed by atoms with Crippen molar-refractivity contribution in [2.24, 2.45) is 5.92 Å². The van der Waals surface area contributed by atoms with E-state index in [1.54, 1.807) is 4.90 Å². The van der Waals surface area contributed by atoms with Gasteiger partial charge in [0, 0.05) is 17.6 Å². The first-order chi connectivity index (χ1) is 9.38. The summed E-state index contributed by atoms with van der Waals surface area (Å²) in [5.74, 6) is -0.645. The number of benzene rings is 1. The van der Waals surface area contributed by atoms with Crippen LogP contribution in [0.2, 0.25) is 5.02 Å². The first-order valence-electron chi connectivity index (χ1n) is 6.49. The summed E-state index contributed by atoms with van der Waals surface area (Å²) in [6.45, 7) is 4.75. The van der Waals surface area contributed by atoms with Gasteiger partial charge in [0.2, 0.25) is 0 Å². The standard InChI is InChI=1S/C14H17ClN2O3/c1-8-5-9(2)17(7-8)14(20)16-12-6-10(15)3-4-11(12)13(18)19/h3-4,6,8-9H,5,7H2,1-2H3,(H,16,20)(H,18,19). The SMILES string of the molecule is CC1CC(C)N(C(=O)Nc2cc(Cl)ccc2C(=O)O)C1. The average Bonchev–Trinajstić information content (AvgIpc) is 2.68. The van der Waals surface area contributed by atoms with Gasteiger partial charge in [-0.1, -0.05) is 18.5 Å². The summed E-state index contributed by atoms with van der Waals surface area (Å²) in [5, 5.41) is 12.2. The summed E-state index contributed by atoms with van der Waals surface area (Å²) in [5.41, 5.74) is 0.254. The lowest BCUT2D eigenvalue weighted by atomic mass is 10.1. The Morgan fingerprint density at radius 3 is 2.65 bits per heavy atom. The summed E-state index contributed by atoms with van der Waals surface area (Å²) in [7, 11) is 0. The number of carbonyl (C=O) groups excluding carboxylic acids is 1. The van der Waals surface area contributed by atoms with Gasteiger partial charge in [-0.3, -0.25) is 0 Å². The summed E-state index contributed by atoms with van der Waals surface area (Å²) in [6.07, 6.45) is 0.953.